The molecule has 4 aromatic carbocycles. The van der Waals surface area contributed by atoms with Gasteiger partial charge in [-0.3, -0.25) is 4.57 Å². The van der Waals surface area contributed by atoms with Gasteiger partial charge in [0, 0.05) is 28.4 Å². The van der Waals surface area contributed by atoms with Crippen molar-refractivity contribution in [2.24, 2.45) is 0 Å². The molecule has 1 heterocycles. The maximum Gasteiger partial charge on any atom is 0.196 e. The van der Waals surface area contributed by atoms with E-state index >= 15 is 0 Å². The number of aromatic nitrogens is 3. The van der Waals surface area contributed by atoms with Crippen LogP contribution in [0.15, 0.2) is 120 Å². The summed E-state index contributed by atoms with van der Waals surface area (Å²) in [7, 11) is 0. The van der Waals surface area contributed by atoms with E-state index in [9.17, 15) is 0 Å². The van der Waals surface area contributed by atoms with Gasteiger partial charge in [-0.2, -0.15) is 0 Å². The van der Waals surface area contributed by atoms with Gasteiger partial charge in [0.15, 0.2) is 16.1 Å². The Hall–Kier alpha value is -3.94. The molecule has 0 aliphatic heterocycles. The normalized spacial score (nSPS) is 10.6. The smallest absolute Gasteiger partial charge is 0.196 e. The van der Waals surface area contributed by atoms with E-state index in [-0.39, 0.29) is 0 Å². The van der Waals surface area contributed by atoms with Crippen LogP contribution in [0, 0.1) is 0 Å². The van der Waals surface area contributed by atoms with Crippen molar-refractivity contribution >= 4 is 40.5 Å². The minimum atomic E-state index is 0.538. The number of thioether (sulfide) groups is 1. The first-order valence-electron chi connectivity index (χ1n) is 11.2. The Bertz CT molecular complexity index is 1390. The summed E-state index contributed by atoms with van der Waals surface area (Å²) >= 11 is 7.12. The van der Waals surface area contributed by atoms with Gasteiger partial charge in [-0.05, 0) is 66.3 Å². The molecule has 7 heteroatoms. The third-order valence-electron chi connectivity index (χ3n) is 5.29. The first-order valence-corrected chi connectivity index (χ1v) is 12.6. The molecule has 0 unspecified atom stereocenters. The summed E-state index contributed by atoms with van der Waals surface area (Å²) < 4.78 is 2.11. The Balaban J connectivity index is 1.37. The van der Waals surface area contributed by atoms with Gasteiger partial charge in [0.2, 0.25) is 0 Å². The number of hydrogen-bond acceptors (Lipinski definition) is 4. The molecule has 35 heavy (non-hydrogen) atoms. The number of hydrogen-bond donors (Lipinski definition) is 2. The monoisotopic (exact) mass is 493 g/mol. The molecule has 5 nitrogen and oxygen atoms in total. The van der Waals surface area contributed by atoms with Crippen molar-refractivity contribution in [3.63, 3.8) is 0 Å². The summed E-state index contributed by atoms with van der Waals surface area (Å²) in [5.41, 5.74) is 5.08. The molecule has 0 bridgehead atoms. The average molecular weight is 494 g/mol. The highest BCUT2D eigenvalue weighted by Crippen LogP contribution is 2.30. The van der Waals surface area contributed by atoms with Crippen LogP contribution in [-0.4, -0.2) is 19.9 Å². The van der Waals surface area contributed by atoms with E-state index in [1.54, 1.807) is 11.8 Å². The first-order chi connectivity index (χ1) is 17.3. The summed E-state index contributed by atoms with van der Waals surface area (Å²) in [5, 5.41) is 16.9. The van der Waals surface area contributed by atoms with E-state index < -0.39 is 0 Å². The van der Waals surface area contributed by atoms with E-state index in [4.69, 9.17) is 12.2 Å². The van der Waals surface area contributed by atoms with Gasteiger partial charge < -0.3 is 10.6 Å². The third-order valence-corrected chi connectivity index (χ3v) is 6.50. The second kappa shape index (κ2) is 11.0. The van der Waals surface area contributed by atoms with Gasteiger partial charge in [0.25, 0.3) is 0 Å². The first kappa shape index (κ1) is 22.8. The fraction of sp³-hybridized carbons (Fsp3) is 0.0357. The third kappa shape index (κ3) is 5.77. The second-order valence-electron chi connectivity index (χ2n) is 7.77. The lowest BCUT2D eigenvalue weighted by molar-refractivity contribution is 0.886. The highest BCUT2D eigenvalue weighted by Gasteiger charge is 2.16. The number of thiocarbonyl (C=S) groups is 1. The quantitative estimate of drug-likeness (QED) is 0.187. The zero-order valence-corrected chi connectivity index (χ0v) is 20.5. The number of rotatable bonds is 7. The van der Waals surface area contributed by atoms with Crippen molar-refractivity contribution < 1.29 is 0 Å². The molecule has 0 radical (unpaired) electrons. The van der Waals surface area contributed by atoms with Crippen LogP contribution >= 0.6 is 24.0 Å². The predicted molar refractivity (Wildman–Crippen MR) is 149 cm³/mol. The molecular weight excluding hydrogens is 470 g/mol. The molecule has 5 rings (SSSR count). The molecule has 2 N–H and O–H groups in total. The summed E-state index contributed by atoms with van der Waals surface area (Å²) in [6.45, 7) is 0. The van der Waals surface area contributed by atoms with Gasteiger partial charge >= 0.3 is 0 Å². The molecule has 0 aliphatic rings. The minimum Gasteiger partial charge on any atom is -0.332 e. The van der Waals surface area contributed by atoms with E-state index in [2.05, 4.69) is 61.8 Å². The van der Waals surface area contributed by atoms with E-state index in [0.29, 0.717) is 5.11 Å². The molecule has 0 saturated heterocycles. The summed E-state index contributed by atoms with van der Waals surface area (Å²) in [5.74, 6) is 1.61. The molecule has 172 valence electrons. The van der Waals surface area contributed by atoms with Crippen molar-refractivity contribution in [2.45, 2.75) is 10.9 Å². The van der Waals surface area contributed by atoms with Crippen molar-refractivity contribution in [3.8, 4) is 17.1 Å². The Morgan fingerprint density at radius 2 is 1.26 bits per heavy atom. The number of benzene rings is 4. The Morgan fingerprint density at radius 1 is 0.686 bits per heavy atom. The number of nitrogens with one attached hydrogen (secondary N) is 2. The minimum absolute atomic E-state index is 0.538. The average Bonchev–Trinajstić information content (AvgIpc) is 3.33. The summed E-state index contributed by atoms with van der Waals surface area (Å²) in [6, 6.07) is 38.5. The lowest BCUT2D eigenvalue weighted by Gasteiger charge is -2.12. The topological polar surface area (TPSA) is 54.8 Å². The van der Waals surface area contributed by atoms with Crippen molar-refractivity contribution in [1.29, 1.82) is 0 Å². The SMILES string of the molecule is S=C(Nc1ccccc1)Nc1ccc(-c2nnc(SCc3ccccc3)n2-c2ccccc2)cc1. The van der Waals surface area contributed by atoms with Crippen LogP contribution in [0.5, 0.6) is 0 Å². The number of para-hydroxylation sites is 2. The van der Waals surface area contributed by atoms with Crippen LogP contribution in [0.25, 0.3) is 17.1 Å². The number of anilines is 2. The molecule has 0 amide bonds. The molecule has 0 atom stereocenters. The van der Waals surface area contributed by atoms with Crippen LogP contribution in [0.1, 0.15) is 5.56 Å². The maximum absolute atomic E-state index is 5.45. The van der Waals surface area contributed by atoms with Crippen molar-refractivity contribution in [1.82, 2.24) is 14.8 Å². The van der Waals surface area contributed by atoms with Crippen LogP contribution < -0.4 is 10.6 Å². The van der Waals surface area contributed by atoms with E-state index in [0.717, 1.165) is 39.4 Å². The Labute approximate surface area is 214 Å². The van der Waals surface area contributed by atoms with Crippen molar-refractivity contribution in [3.05, 3.63) is 121 Å². The Kier molecular flexibility index (Phi) is 7.17. The van der Waals surface area contributed by atoms with Gasteiger partial charge in [0.1, 0.15) is 0 Å². The standard InChI is InChI=1S/C28H23N5S2/c34-27(29-23-12-6-2-7-13-23)30-24-18-16-22(17-19-24)26-31-32-28(33(26)25-14-8-3-9-15-25)35-20-21-10-4-1-5-11-21/h1-19H,20H2,(H2,29,30,34). The van der Waals surface area contributed by atoms with Crippen molar-refractivity contribution in [2.75, 3.05) is 10.6 Å². The van der Waals surface area contributed by atoms with Gasteiger partial charge in [-0.1, -0.05) is 78.5 Å². The van der Waals surface area contributed by atoms with Crippen LogP contribution in [-0.2, 0) is 5.75 Å². The van der Waals surface area contributed by atoms with Gasteiger partial charge in [-0.25, -0.2) is 0 Å². The Morgan fingerprint density at radius 3 is 1.91 bits per heavy atom. The second-order valence-corrected chi connectivity index (χ2v) is 9.12. The lowest BCUT2D eigenvalue weighted by Crippen LogP contribution is -2.18. The highest BCUT2D eigenvalue weighted by atomic mass is 32.2. The lowest BCUT2D eigenvalue weighted by atomic mass is 10.2. The zero-order valence-electron chi connectivity index (χ0n) is 18.8. The van der Waals surface area contributed by atoms with Gasteiger partial charge in [-0.15, -0.1) is 10.2 Å². The summed E-state index contributed by atoms with van der Waals surface area (Å²) in [4.78, 5) is 0. The highest BCUT2D eigenvalue weighted by molar-refractivity contribution is 7.98. The molecule has 1 aromatic heterocycles. The molecule has 5 aromatic rings. The molecule has 0 fully saturated rings. The van der Waals surface area contributed by atoms with Crippen LogP contribution in [0.2, 0.25) is 0 Å². The fourth-order valence-electron chi connectivity index (χ4n) is 3.60. The van der Waals surface area contributed by atoms with Gasteiger partial charge in [0.05, 0.1) is 0 Å². The fourth-order valence-corrected chi connectivity index (χ4v) is 4.74. The maximum atomic E-state index is 5.45. The molecular formula is C28H23N5S2. The van der Waals surface area contributed by atoms with Crippen LogP contribution in [0.3, 0.4) is 0 Å². The summed E-state index contributed by atoms with van der Waals surface area (Å²) in [6.07, 6.45) is 0. The zero-order chi connectivity index (χ0) is 23.9. The molecule has 0 saturated carbocycles. The van der Waals surface area contributed by atoms with E-state index in [1.807, 2.05) is 78.9 Å². The number of nitrogens with zero attached hydrogens (tertiary/aromatic N) is 3. The predicted octanol–water partition coefficient (Wildman–Crippen LogP) is 7.04. The van der Waals surface area contributed by atoms with E-state index in [1.165, 1.54) is 5.56 Å². The molecule has 0 spiro atoms. The molecule has 0 aliphatic carbocycles. The largest absolute Gasteiger partial charge is 0.332 e. The van der Waals surface area contributed by atoms with Crippen LogP contribution in [0.4, 0.5) is 11.4 Å².